The van der Waals surface area contributed by atoms with Crippen molar-refractivity contribution in [3.8, 4) is 0 Å². The van der Waals surface area contributed by atoms with Crippen molar-refractivity contribution in [2.75, 3.05) is 5.32 Å². The first-order chi connectivity index (χ1) is 10.7. The second-order valence-corrected chi connectivity index (χ2v) is 4.91. The van der Waals surface area contributed by atoms with Crippen LogP contribution in [-0.2, 0) is 7.05 Å². The van der Waals surface area contributed by atoms with Crippen LogP contribution in [-0.4, -0.2) is 30.6 Å². The summed E-state index contributed by atoms with van der Waals surface area (Å²) < 4.78 is 1.63. The van der Waals surface area contributed by atoms with Gasteiger partial charge < -0.3 is 10.3 Å². The Labute approximate surface area is 125 Å². The molecule has 1 aromatic carbocycles. The van der Waals surface area contributed by atoms with Crippen LogP contribution in [0.25, 0.3) is 22.1 Å². The molecule has 0 atom stereocenters. The molecule has 0 spiro atoms. The smallest absolute Gasteiger partial charge is 0.256 e. The largest absolute Gasteiger partial charge is 0.330 e. The molecule has 0 fully saturated rings. The monoisotopic (exact) mass is 292 g/mol. The van der Waals surface area contributed by atoms with Gasteiger partial charge in [0.1, 0.15) is 5.65 Å². The van der Waals surface area contributed by atoms with E-state index >= 15 is 0 Å². The minimum absolute atomic E-state index is 0.210. The number of nitrogens with zero attached hydrogens (tertiary/aromatic N) is 4. The van der Waals surface area contributed by atoms with Gasteiger partial charge in [0, 0.05) is 18.8 Å². The molecule has 4 aromatic rings. The van der Waals surface area contributed by atoms with Crippen molar-refractivity contribution in [1.29, 1.82) is 0 Å². The average Bonchev–Trinajstić information content (AvgIpc) is 2.98. The van der Waals surface area contributed by atoms with Crippen LogP contribution in [0.3, 0.4) is 0 Å². The molecule has 3 heterocycles. The Morgan fingerprint density at radius 2 is 2.05 bits per heavy atom. The Kier molecular flexibility index (Phi) is 2.65. The van der Waals surface area contributed by atoms with Crippen molar-refractivity contribution in [2.45, 2.75) is 0 Å². The molecule has 0 radical (unpaired) electrons. The number of H-pyrrole nitrogens is 1. The molecule has 0 saturated heterocycles. The van der Waals surface area contributed by atoms with Gasteiger partial charge in [-0.3, -0.25) is 4.79 Å². The molecule has 22 heavy (non-hydrogen) atoms. The highest BCUT2D eigenvalue weighted by molar-refractivity contribution is 6.13. The Morgan fingerprint density at radius 1 is 1.23 bits per heavy atom. The number of anilines is 1. The third-order valence-electron chi connectivity index (χ3n) is 3.52. The molecule has 0 aliphatic rings. The second-order valence-electron chi connectivity index (χ2n) is 4.91. The number of aryl methyl sites for hydroxylation is 1. The maximum absolute atomic E-state index is 12.3. The number of amides is 1. The average molecular weight is 292 g/mol. The van der Waals surface area contributed by atoms with Gasteiger partial charge in [0.05, 0.1) is 17.1 Å². The fourth-order valence-corrected chi connectivity index (χ4v) is 2.48. The van der Waals surface area contributed by atoms with Crippen molar-refractivity contribution in [2.24, 2.45) is 7.05 Å². The molecule has 0 saturated carbocycles. The lowest BCUT2D eigenvalue weighted by Crippen LogP contribution is -2.15. The molecule has 3 aromatic heterocycles. The first-order valence-corrected chi connectivity index (χ1v) is 6.75. The Morgan fingerprint density at radius 3 is 2.86 bits per heavy atom. The number of rotatable bonds is 2. The molecule has 1 amide bonds. The predicted molar refractivity (Wildman–Crippen MR) is 82.6 cm³/mol. The highest BCUT2D eigenvalue weighted by Gasteiger charge is 2.16. The standard InChI is InChI=1S/C15H12N6O/c1-21-14-11-10(7-16-13(11)17-8-18-14)12(20-21)19-15(22)9-5-3-2-4-6-9/h2-8H,1H3,(H,16,17,18)(H,19,20,22). The molecule has 0 aliphatic carbocycles. The van der Waals surface area contributed by atoms with E-state index in [1.54, 1.807) is 36.4 Å². The molecule has 0 aliphatic heterocycles. The van der Waals surface area contributed by atoms with Crippen LogP contribution in [0.2, 0.25) is 0 Å². The van der Waals surface area contributed by atoms with Crippen LogP contribution >= 0.6 is 0 Å². The Hall–Kier alpha value is -3.22. The number of nitrogens with one attached hydrogen (secondary N) is 2. The summed E-state index contributed by atoms with van der Waals surface area (Å²) in [5.74, 6) is 0.256. The second kappa shape index (κ2) is 4.66. The number of hydrogen-bond acceptors (Lipinski definition) is 4. The fourth-order valence-electron chi connectivity index (χ4n) is 2.48. The zero-order valence-corrected chi connectivity index (χ0v) is 11.7. The maximum Gasteiger partial charge on any atom is 0.256 e. The lowest BCUT2D eigenvalue weighted by Gasteiger charge is -2.10. The SMILES string of the molecule is Cn1nc(NC(=O)c2ccccc2)c2cnc3[nH]cnc1c32. The van der Waals surface area contributed by atoms with Crippen LogP contribution in [0.5, 0.6) is 0 Å². The van der Waals surface area contributed by atoms with E-state index in [0.717, 1.165) is 10.8 Å². The molecule has 0 unspecified atom stereocenters. The van der Waals surface area contributed by atoms with E-state index in [-0.39, 0.29) is 5.91 Å². The van der Waals surface area contributed by atoms with Crippen molar-refractivity contribution in [3.05, 3.63) is 48.4 Å². The summed E-state index contributed by atoms with van der Waals surface area (Å²) in [5, 5.41) is 8.84. The molecular formula is C15H12N6O. The summed E-state index contributed by atoms with van der Waals surface area (Å²) in [6.07, 6.45) is 3.26. The van der Waals surface area contributed by atoms with E-state index in [1.807, 2.05) is 18.2 Å². The third kappa shape index (κ3) is 1.83. The van der Waals surface area contributed by atoms with Gasteiger partial charge in [0.2, 0.25) is 0 Å². The van der Waals surface area contributed by atoms with Crippen molar-refractivity contribution < 1.29 is 4.79 Å². The van der Waals surface area contributed by atoms with Gasteiger partial charge in [-0.1, -0.05) is 18.2 Å². The van der Waals surface area contributed by atoms with E-state index < -0.39 is 0 Å². The summed E-state index contributed by atoms with van der Waals surface area (Å²) in [6, 6.07) is 9.01. The molecule has 2 N–H and O–H groups in total. The van der Waals surface area contributed by atoms with E-state index in [2.05, 4.69) is 25.4 Å². The minimum Gasteiger partial charge on any atom is -0.330 e. The number of aromatic amines is 1. The summed E-state index contributed by atoms with van der Waals surface area (Å²) in [4.78, 5) is 23.9. The molecule has 7 nitrogen and oxygen atoms in total. The molecule has 108 valence electrons. The van der Waals surface area contributed by atoms with Crippen LogP contribution in [0, 0.1) is 0 Å². The van der Waals surface area contributed by atoms with E-state index in [9.17, 15) is 4.79 Å². The first kappa shape index (κ1) is 12.5. The molecular weight excluding hydrogens is 280 g/mol. The van der Waals surface area contributed by atoms with E-state index in [0.29, 0.717) is 22.7 Å². The fraction of sp³-hybridized carbons (Fsp3) is 0.0667. The number of carbonyl (C=O) groups is 1. The number of benzene rings is 1. The van der Waals surface area contributed by atoms with Gasteiger partial charge >= 0.3 is 0 Å². The predicted octanol–water partition coefficient (Wildman–Crippen LogP) is 2.10. The quantitative estimate of drug-likeness (QED) is 0.592. The van der Waals surface area contributed by atoms with Crippen molar-refractivity contribution in [3.63, 3.8) is 0 Å². The normalized spacial score (nSPS) is 11.1. The summed E-state index contributed by atoms with van der Waals surface area (Å²) in [7, 11) is 1.78. The number of aromatic nitrogens is 5. The van der Waals surface area contributed by atoms with Crippen molar-refractivity contribution in [1.82, 2.24) is 24.7 Å². The van der Waals surface area contributed by atoms with Gasteiger partial charge in [-0.15, -0.1) is 0 Å². The van der Waals surface area contributed by atoms with E-state index in [1.165, 1.54) is 0 Å². The summed E-state index contributed by atoms with van der Waals surface area (Å²) in [5.41, 5.74) is 2.00. The lowest BCUT2D eigenvalue weighted by atomic mass is 10.2. The number of hydrogen-bond donors (Lipinski definition) is 2. The third-order valence-corrected chi connectivity index (χ3v) is 3.52. The van der Waals surface area contributed by atoms with Gasteiger partial charge in [-0.2, -0.15) is 5.10 Å². The van der Waals surface area contributed by atoms with Gasteiger partial charge in [-0.25, -0.2) is 14.6 Å². The van der Waals surface area contributed by atoms with Gasteiger partial charge in [-0.05, 0) is 12.1 Å². The Bertz CT molecular complexity index is 985. The van der Waals surface area contributed by atoms with Crippen LogP contribution in [0.4, 0.5) is 5.82 Å². The highest BCUT2D eigenvalue weighted by Crippen LogP contribution is 2.27. The van der Waals surface area contributed by atoms with Gasteiger partial charge in [0.25, 0.3) is 5.91 Å². The van der Waals surface area contributed by atoms with Crippen LogP contribution in [0.15, 0.2) is 42.9 Å². The molecule has 7 heteroatoms. The zero-order valence-electron chi connectivity index (χ0n) is 11.7. The van der Waals surface area contributed by atoms with E-state index in [4.69, 9.17) is 0 Å². The molecule has 0 bridgehead atoms. The number of carbonyl (C=O) groups excluding carboxylic acids is 1. The zero-order chi connectivity index (χ0) is 15.1. The van der Waals surface area contributed by atoms with Gasteiger partial charge in [0.15, 0.2) is 11.5 Å². The molecule has 4 rings (SSSR count). The highest BCUT2D eigenvalue weighted by atomic mass is 16.1. The summed E-state index contributed by atoms with van der Waals surface area (Å²) in [6.45, 7) is 0. The van der Waals surface area contributed by atoms with Crippen molar-refractivity contribution >= 4 is 33.8 Å². The topological polar surface area (TPSA) is 88.5 Å². The minimum atomic E-state index is -0.210. The first-order valence-electron chi connectivity index (χ1n) is 6.75. The lowest BCUT2D eigenvalue weighted by molar-refractivity contribution is 0.102. The maximum atomic E-state index is 12.3. The Balaban J connectivity index is 1.84. The van der Waals surface area contributed by atoms with Crippen LogP contribution < -0.4 is 5.32 Å². The van der Waals surface area contributed by atoms with Crippen LogP contribution in [0.1, 0.15) is 10.4 Å². The summed E-state index contributed by atoms with van der Waals surface area (Å²) >= 11 is 0.